The average molecular weight is 527 g/mol. The first kappa shape index (κ1) is 24.0. The molecule has 0 amide bonds. The van der Waals surface area contributed by atoms with Crippen molar-refractivity contribution in [3.63, 3.8) is 0 Å². The lowest BCUT2D eigenvalue weighted by atomic mass is 9.95. The molecule has 6 aromatic carbocycles. The fraction of sp³-hybridized carbons (Fsp3) is 0.154. The van der Waals surface area contributed by atoms with Crippen molar-refractivity contribution in [2.45, 2.75) is 39.5 Å². The minimum Gasteiger partial charge on any atom is -0.308 e. The van der Waals surface area contributed by atoms with Gasteiger partial charge in [0.05, 0.1) is 23.1 Å². The highest BCUT2D eigenvalue weighted by Gasteiger charge is 2.20. The van der Waals surface area contributed by atoms with Gasteiger partial charge in [0.25, 0.3) is 0 Å². The highest BCUT2D eigenvalue weighted by Crippen LogP contribution is 2.44. The largest absolute Gasteiger partial charge is 0.308 e. The van der Waals surface area contributed by atoms with Gasteiger partial charge >= 0.3 is 0 Å². The van der Waals surface area contributed by atoms with Crippen molar-refractivity contribution >= 4 is 65.3 Å². The van der Waals surface area contributed by atoms with Crippen LogP contribution in [0, 0.1) is 6.57 Å². The Labute approximate surface area is 239 Å². The zero-order valence-electron chi connectivity index (χ0n) is 23.8. The third-order valence-corrected chi connectivity index (χ3v) is 9.02. The Kier molecular flexibility index (Phi) is 5.01. The van der Waals surface area contributed by atoms with Gasteiger partial charge in [-0.1, -0.05) is 88.4 Å². The quantitative estimate of drug-likeness (QED) is 0.202. The normalized spacial score (nSPS) is 12.3. The summed E-state index contributed by atoms with van der Waals surface area (Å²) < 4.78 is 2.49. The fourth-order valence-electron chi connectivity index (χ4n) is 6.68. The van der Waals surface area contributed by atoms with Crippen LogP contribution in [-0.4, -0.2) is 4.40 Å². The second kappa shape index (κ2) is 8.56. The number of rotatable bonds is 3. The van der Waals surface area contributed by atoms with Crippen LogP contribution >= 0.6 is 0 Å². The first-order valence-electron chi connectivity index (χ1n) is 14.5. The minimum atomic E-state index is 0.489. The SMILES string of the molecule is [C-]#[N+]c1ccc(-c2cc3c4cc5cc(C(C)C)ccc5cc4n4c5cc6ccc(C(C)C)cc6cc5c(c2)c34)cc1. The summed E-state index contributed by atoms with van der Waals surface area (Å²) in [7, 11) is 0. The summed E-state index contributed by atoms with van der Waals surface area (Å²) >= 11 is 0. The lowest BCUT2D eigenvalue weighted by Crippen LogP contribution is -1.88. The summed E-state index contributed by atoms with van der Waals surface area (Å²) in [4.78, 5) is 3.60. The van der Waals surface area contributed by atoms with E-state index in [-0.39, 0.29) is 0 Å². The number of nitrogens with zero attached hydrogens (tertiary/aromatic N) is 2. The monoisotopic (exact) mass is 526 g/mol. The molecule has 0 aliphatic heterocycles. The predicted molar refractivity (Wildman–Crippen MR) is 176 cm³/mol. The van der Waals surface area contributed by atoms with Crippen molar-refractivity contribution < 1.29 is 0 Å². The minimum absolute atomic E-state index is 0.489. The van der Waals surface area contributed by atoms with Crippen LogP contribution in [0.25, 0.3) is 75.6 Å². The third kappa shape index (κ3) is 3.49. The van der Waals surface area contributed by atoms with Crippen LogP contribution in [0.15, 0.2) is 97.1 Å². The molecule has 2 aromatic heterocycles. The number of hydrogen-bond donors (Lipinski definition) is 0. The van der Waals surface area contributed by atoms with E-state index < -0.39 is 0 Å². The van der Waals surface area contributed by atoms with Crippen molar-refractivity contribution in [2.75, 3.05) is 0 Å². The van der Waals surface area contributed by atoms with Gasteiger partial charge in [-0.15, -0.1) is 0 Å². The maximum Gasteiger partial charge on any atom is 0.187 e. The molecule has 0 aliphatic carbocycles. The van der Waals surface area contributed by atoms with Crippen LogP contribution < -0.4 is 0 Å². The molecule has 0 unspecified atom stereocenters. The molecular weight excluding hydrogens is 496 g/mol. The van der Waals surface area contributed by atoms with E-state index in [1.54, 1.807) is 0 Å². The molecule has 8 rings (SSSR count). The molecule has 0 spiro atoms. The molecule has 0 fully saturated rings. The number of benzene rings is 6. The van der Waals surface area contributed by atoms with Gasteiger partial charge in [-0.05, 0) is 92.0 Å². The maximum absolute atomic E-state index is 7.39. The van der Waals surface area contributed by atoms with E-state index in [1.807, 2.05) is 12.1 Å². The molecule has 0 N–H and O–H groups in total. The molecule has 2 nitrogen and oxygen atoms in total. The summed E-state index contributed by atoms with van der Waals surface area (Å²) in [5, 5.41) is 10.3. The molecule has 41 heavy (non-hydrogen) atoms. The van der Waals surface area contributed by atoms with Gasteiger partial charge < -0.3 is 4.40 Å². The van der Waals surface area contributed by atoms with Crippen LogP contribution in [0.1, 0.15) is 50.7 Å². The predicted octanol–water partition coefficient (Wildman–Crippen LogP) is 11.6. The zero-order chi connectivity index (χ0) is 28.0. The molecular formula is C39H30N2. The molecule has 0 radical (unpaired) electrons. The van der Waals surface area contributed by atoms with E-state index in [2.05, 4.69) is 122 Å². The molecule has 0 saturated carbocycles. The van der Waals surface area contributed by atoms with Gasteiger partial charge in [-0.25, -0.2) is 4.85 Å². The summed E-state index contributed by atoms with van der Waals surface area (Å²) in [5.41, 5.74) is 9.51. The molecule has 2 heterocycles. The van der Waals surface area contributed by atoms with Gasteiger partial charge in [0, 0.05) is 21.5 Å². The van der Waals surface area contributed by atoms with E-state index in [9.17, 15) is 0 Å². The Morgan fingerprint density at radius 3 is 1.49 bits per heavy atom. The van der Waals surface area contributed by atoms with Crippen LogP contribution in [-0.2, 0) is 0 Å². The van der Waals surface area contributed by atoms with Gasteiger partial charge in [0.15, 0.2) is 5.69 Å². The van der Waals surface area contributed by atoms with Crippen molar-refractivity contribution in [1.29, 1.82) is 0 Å². The van der Waals surface area contributed by atoms with Crippen molar-refractivity contribution in [2.24, 2.45) is 0 Å². The van der Waals surface area contributed by atoms with Crippen molar-refractivity contribution in [3.8, 4) is 11.1 Å². The van der Waals surface area contributed by atoms with E-state index in [0.717, 1.165) is 5.56 Å². The lowest BCUT2D eigenvalue weighted by molar-refractivity contribution is 0.869. The van der Waals surface area contributed by atoms with Crippen LogP contribution in [0.4, 0.5) is 5.69 Å². The topological polar surface area (TPSA) is 8.77 Å². The third-order valence-electron chi connectivity index (χ3n) is 9.02. The fourth-order valence-corrected chi connectivity index (χ4v) is 6.68. The lowest BCUT2D eigenvalue weighted by Gasteiger charge is -2.09. The second-order valence-corrected chi connectivity index (χ2v) is 12.2. The molecule has 8 aromatic rings. The summed E-state index contributed by atoms with van der Waals surface area (Å²) in [6, 6.07) is 36.1. The Morgan fingerprint density at radius 1 is 0.512 bits per heavy atom. The molecule has 2 heteroatoms. The summed E-state index contributed by atoms with van der Waals surface area (Å²) in [6.07, 6.45) is 0. The highest BCUT2D eigenvalue weighted by atomic mass is 14.9. The average Bonchev–Trinajstić information content (AvgIpc) is 3.48. The standard InChI is InChI=1S/C39H30N2/c1-22(2)25-6-8-27-20-37-33(16-29(27)14-25)35-18-31(24-10-12-32(40-5)13-11-24)19-36-34-17-30-15-26(23(3)4)7-9-28(30)21-38(34)41(37)39(35)36/h6-23H,1-4H3. The molecule has 0 saturated heterocycles. The van der Waals surface area contributed by atoms with Gasteiger partial charge in [-0.3, -0.25) is 0 Å². The number of aromatic nitrogens is 1. The maximum atomic E-state index is 7.39. The van der Waals surface area contributed by atoms with Gasteiger partial charge in [0.1, 0.15) is 0 Å². The summed E-state index contributed by atoms with van der Waals surface area (Å²) in [5.74, 6) is 0.978. The Bertz CT molecular complexity index is 2220. The molecule has 0 aliphatic rings. The van der Waals surface area contributed by atoms with E-state index in [0.29, 0.717) is 17.5 Å². The second-order valence-electron chi connectivity index (χ2n) is 12.2. The first-order chi connectivity index (χ1) is 19.9. The Morgan fingerprint density at radius 2 is 1.02 bits per heavy atom. The highest BCUT2D eigenvalue weighted by molar-refractivity contribution is 6.27. The van der Waals surface area contributed by atoms with Gasteiger partial charge in [-0.2, -0.15) is 0 Å². The molecule has 196 valence electrons. The van der Waals surface area contributed by atoms with E-state index in [1.165, 1.54) is 76.3 Å². The number of fused-ring (bicyclic) bond motifs is 8. The molecule has 0 atom stereocenters. The van der Waals surface area contributed by atoms with Crippen LogP contribution in [0.2, 0.25) is 0 Å². The van der Waals surface area contributed by atoms with E-state index >= 15 is 0 Å². The Hall–Kier alpha value is -4.87. The van der Waals surface area contributed by atoms with Crippen molar-refractivity contribution in [1.82, 2.24) is 4.40 Å². The van der Waals surface area contributed by atoms with Crippen molar-refractivity contribution in [3.05, 3.63) is 120 Å². The number of hydrogen-bond acceptors (Lipinski definition) is 0. The smallest absolute Gasteiger partial charge is 0.187 e. The Balaban J connectivity index is 1.53. The van der Waals surface area contributed by atoms with Gasteiger partial charge in [0.2, 0.25) is 0 Å². The first-order valence-corrected chi connectivity index (χ1v) is 14.5. The van der Waals surface area contributed by atoms with Crippen LogP contribution in [0.3, 0.4) is 0 Å². The summed E-state index contributed by atoms with van der Waals surface area (Å²) in [6.45, 7) is 16.4. The zero-order valence-corrected chi connectivity index (χ0v) is 23.8. The van der Waals surface area contributed by atoms with Crippen LogP contribution in [0.5, 0.6) is 0 Å². The molecule has 0 bridgehead atoms. The van der Waals surface area contributed by atoms with E-state index in [4.69, 9.17) is 6.57 Å².